The minimum Gasteiger partial charge on any atom is -0.496 e. The summed E-state index contributed by atoms with van der Waals surface area (Å²) in [5.41, 5.74) is 3.44. The molecule has 2 fully saturated rings. The van der Waals surface area contributed by atoms with Gasteiger partial charge in [0.1, 0.15) is 5.75 Å². The van der Waals surface area contributed by atoms with Gasteiger partial charge in [0.05, 0.1) is 31.6 Å². The zero-order valence-electron chi connectivity index (χ0n) is 19.7. The molecule has 0 unspecified atom stereocenters. The van der Waals surface area contributed by atoms with Crippen LogP contribution in [-0.4, -0.2) is 41.2 Å². The molecule has 6 nitrogen and oxygen atoms in total. The number of nitrogens with zero attached hydrogens (tertiary/aromatic N) is 2. The molecule has 6 rings (SSSR count). The normalized spacial score (nSPS) is 27.2. The van der Waals surface area contributed by atoms with Gasteiger partial charge < -0.3 is 19.3 Å². The molecule has 1 aliphatic heterocycles. The molecule has 1 saturated heterocycles. The van der Waals surface area contributed by atoms with Crippen molar-refractivity contribution in [1.29, 1.82) is 0 Å². The van der Waals surface area contributed by atoms with E-state index in [-0.39, 0.29) is 23.1 Å². The maximum Gasteiger partial charge on any atom is 0.218 e. The first-order valence-electron chi connectivity index (χ1n) is 12.2. The number of hydrogen-bond acceptors (Lipinski definition) is 6. The van der Waals surface area contributed by atoms with Gasteiger partial charge in [-0.25, -0.2) is 4.98 Å². The molecule has 3 aromatic rings. The number of benzene rings is 2. The van der Waals surface area contributed by atoms with Crippen molar-refractivity contribution in [1.82, 2.24) is 9.97 Å². The van der Waals surface area contributed by atoms with Crippen molar-refractivity contribution < 1.29 is 19.3 Å². The standard InChI is InChI=1S/C28H30N2O4/c1-18-22-13-12-21-24(29-25(30-26(21)31)20-10-6-7-11-23(20)32-2)27(22,19-8-4-3-5-9-19)14-15-28(18)33-16-17-34-28/h3-11,18,22H,12-17H2,1-2H3,(H,29,30,31)/t18-,22-,27+/m0/s1. The van der Waals surface area contributed by atoms with Gasteiger partial charge in [0.15, 0.2) is 11.6 Å². The number of methoxy groups -OCH3 is 1. The Balaban J connectivity index is 1.58. The lowest BCUT2D eigenvalue weighted by Crippen LogP contribution is -2.57. The van der Waals surface area contributed by atoms with Gasteiger partial charge in [0, 0.05) is 23.3 Å². The highest BCUT2D eigenvalue weighted by molar-refractivity contribution is 5.65. The first-order chi connectivity index (χ1) is 16.6. The van der Waals surface area contributed by atoms with Crippen LogP contribution in [0, 0.1) is 11.8 Å². The van der Waals surface area contributed by atoms with E-state index in [9.17, 15) is 5.11 Å². The lowest BCUT2D eigenvalue weighted by atomic mass is 9.51. The van der Waals surface area contributed by atoms with Gasteiger partial charge in [-0.1, -0.05) is 49.4 Å². The Bertz CT molecular complexity index is 1210. The van der Waals surface area contributed by atoms with Crippen LogP contribution in [0.1, 0.15) is 43.0 Å². The number of aromatic nitrogens is 2. The molecule has 1 N–H and O–H groups in total. The molecule has 2 aromatic carbocycles. The molecule has 3 atom stereocenters. The van der Waals surface area contributed by atoms with E-state index in [2.05, 4.69) is 36.2 Å². The van der Waals surface area contributed by atoms with Crippen LogP contribution < -0.4 is 4.74 Å². The number of rotatable bonds is 3. The first kappa shape index (κ1) is 21.6. The van der Waals surface area contributed by atoms with Crippen LogP contribution >= 0.6 is 0 Å². The smallest absolute Gasteiger partial charge is 0.218 e. The minimum absolute atomic E-state index is 0.0703. The molecule has 0 radical (unpaired) electrons. The lowest BCUT2D eigenvalue weighted by molar-refractivity contribution is -0.232. The molecular formula is C28H30N2O4. The van der Waals surface area contributed by atoms with E-state index in [4.69, 9.17) is 19.2 Å². The zero-order chi connectivity index (χ0) is 23.3. The summed E-state index contributed by atoms with van der Waals surface area (Å²) in [5.74, 6) is 1.16. The van der Waals surface area contributed by atoms with Crippen molar-refractivity contribution in [2.75, 3.05) is 20.3 Å². The largest absolute Gasteiger partial charge is 0.496 e. The highest BCUT2D eigenvalue weighted by Gasteiger charge is 2.60. The third kappa shape index (κ3) is 3.01. The van der Waals surface area contributed by atoms with E-state index in [1.54, 1.807) is 7.11 Å². The molecule has 6 heteroatoms. The van der Waals surface area contributed by atoms with E-state index >= 15 is 0 Å². The summed E-state index contributed by atoms with van der Waals surface area (Å²) in [5, 5.41) is 11.1. The van der Waals surface area contributed by atoms with Crippen molar-refractivity contribution in [3.05, 3.63) is 71.4 Å². The fourth-order valence-electron chi connectivity index (χ4n) is 6.74. The van der Waals surface area contributed by atoms with Crippen LogP contribution in [-0.2, 0) is 21.3 Å². The Hall–Kier alpha value is -2.96. The maximum atomic E-state index is 11.1. The monoisotopic (exact) mass is 458 g/mol. The Morgan fingerprint density at radius 3 is 2.47 bits per heavy atom. The predicted molar refractivity (Wildman–Crippen MR) is 128 cm³/mol. The Morgan fingerprint density at radius 1 is 0.971 bits per heavy atom. The highest BCUT2D eigenvalue weighted by Crippen LogP contribution is 2.60. The van der Waals surface area contributed by atoms with Crippen molar-refractivity contribution >= 4 is 0 Å². The third-order valence-electron chi connectivity index (χ3n) is 8.32. The van der Waals surface area contributed by atoms with Crippen molar-refractivity contribution in [2.24, 2.45) is 11.8 Å². The van der Waals surface area contributed by atoms with Crippen LogP contribution in [0.3, 0.4) is 0 Å². The average Bonchev–Trinajstić information content (AvgIpc) is 3.36. The van der Waals surface area contributed by atoms with E-state index in [0.29, 0.717) is 24.8 Å². The van der Waals surface area contributed by atoms with Gasteiger partial charge in [-0.3, -0.25) is 0 Å². The number of para-hydroxylation sites is 1. The highest BCUT2D eigenvalue weighted by atomic mass is 16.7. The Kier molecular flexibility index (Phi) is 5.12. The van der Waals surface area contributed by atoms with Crippen LogP contribution in [0.4, 0.5) is 0 Å². The Morgan fingerprint density at radius 2 is 1.71 bits per heavy atom. The molecule has 176 valence electrons. The summed E-state index contributed by atoms with van der Waals surface area (Å²) >= 11 is 0. The molecule has 2 heterocycles. The molecule has 1 spiro atoms. The van der Waals surface area contributed by atoms with Gasteiger partial charge in [-0.15, -0.1) is 0 Å². The number of fused-ring (bicyclic) bond motifs is 3. The molecule has 2 aliphatic carbocycles. The average molecular weight is 459 g/mol. The molecular weight excluding hydrogens is 428 g/mol. The summed E-state index contributed by atoms with van der Waals surface area (Å²) in [7, 11) is 1.64. The fraction of sp³-hybridized carbons (Fsp3) is 0.429. The van der Waals surface area contributed by atoms with Crippen molar-refractivity contribution in [2.45, 2.75) is 43.8 Å². The van der Waals surface area contributed by atoms with E-state index < -0.39 is 5.79 Å². The number of aromatic hydroxyl groups is 1. The van der Waals surface area contributed by atoms with Crippen LogP contribution in [0.15, 0.2) is 54.6 Å². The number of hydrogen-bond donors (Lipinski definition) is 1. The van der Waals surface area contributed by atoms with E-state index in [0.717, 1.165) is 42.5 Å². The van der Waals surface area contributed by atoms with Gasteiger partial charge in [-0.05, 0) is 42.9 Å². The van der Waals surface area contributed by atoms with Crippen LogP contribution in [0.25, 0.3) is 11.4 Å². The lowest BCUT2D eigenvalue weighted by Gasteiger charge is -2.55. The second kappa shape index (κ2) is 8.07. The summed E-state index contributed by atoms with van der Waals surface area (Å²) in [6, 6.07) is 18.3. The molecule has 34 heavy (non-hydrogen) atoms. The molecule has 0 amide bonds. The van der Waals surface area contributed by atoms with E-state index in [1.807, 2.05) is 30.3 Å². The van der Waals surface area contributed by atoms with Crippen molar-refractivity contribution in [3.8, 4) is 23.0 Å². The summed E-state index contributed by atoms with van der Waals surface area (Å²) in [4.78, 5) is 9.74. The van der Waals surface area contributed by atoms with Crippen LogP contribution in [0.5, 0.6) is 11.6 Å². The Labute approximate surface area is 199 Å². The summed E-state index contributed by atoms with van der Waals surface area (Å²) in [6.45, 7) is 3.56. The van der Waals surface area contributed by atoms with Gasteiger partial charge in [0.2, 0.25) is 5.88 Å². The number of ether oxygens (including phenoxy) is 3. The minimum atomic E-state index is -0.527. The second-order valence-electron chi connectivity index (χ2n) is 9.68. The fourth-order valence-corrected chi connectivity index (χ4v) is 6.74. The van der Waals surface area contributed by atoms with Gasteiger partial charge in [-0.2, -0.15) is 4.98 Å². The summed E-state index contributed by atoms with van der Waals surface area (Å²) < 4.78 is 18.1. The van der Waals surface area contributed by atoms with Crippen molar-refractivity contribution in [3.63, 3.8) is 0 Å². The van der Waals surface area contributed by atoms with Crippen LogP contribution in [0.2, 0.25) is 0 Å². The second-order valence-corrected chi connectivity index (χ2v) is 9.68. The molecule has 1 aromatic heterocycles. The third-order valence-corrected chi connectivity index (χ3v) is 8.32. The SMILES string of the molecule is COc1ccccc1-c1nc(O)c2c(n1)[C@@]1(c3ccccc3)CCC3(OCCO3)[C@@H](C)[C@@H]1CC2. The zero-order valence-corrected chi connectivity index (χ0v) is 19.7. The maximum absolute atomic E-state index is 11.1. The molecule has 1 saturated carbocycles. The topological polar surface area (TPSA) is 73.7 Å². The first-order valence-corrected chi connectivity index (χ1v) is 12.2. The quantitative estimate of drug-likeness (QED) is 0.603. The van der Waals surface area contributed by atoms with Gasteiger partial charge in [0.25, 0.3) is 0 Å². The summed E-state index contributed by atoms with van der Waals surface area (Å²) in [6.07, 6.45) is 3.27. The molecule has 0 bridgehead atoms. The predicted octanol–water partition coefficient (Wildman–Crippen LogP) is 4.88. The van der Waals surface area contributed by atoms with Gasteiger partial charge >= 0.3 is 0 Å². The van der Waals surface area contributed by atoms with E-state index in [1.165, 1.54) is 5.56 Å². The molecule has 3 aliphatic rings.